The Bertz CT molecular complexity index is 1070. The summed E-state index contributed by atoms with van der Waals surface area (Å²) in [5, 5.41) is 20.4. The number of hydrogen-bond donors (Lipinski definition) is 2. The number of nitrogens with zero attached hydrogens (tertiary/aromatic N) is 1. The number of aromatic hydroxyl groups is 1. The molecule has 1 unspecified atom stereocenters. The fourth-order valence-corrected chi connectivity index (χ4v) is 3.67. The van der Waals surface area contributed by atoms with Gasteiger partial charge in [0, 0.05) is 12.1 Å². The van der Waals surface area contributed by atoms with Crippen molar-refractivity contribution in [3.05, 3.63) is 71.0 Å². The molecule has 0 bridgehead atoms. The van der Waals surface area contributed by atoms with E-state index in [1.165, 1.54) is 23.1 Å². The molecule has 2 aromatic rings. The van der Waals surface area contributed by atoms with E-state index in [2.05, 4.69) is 0 Å². The van der Waals surface area contributed by atoms with Crippen molar-refractivity contribution in [2.45, 2.75) is 46.3 Å². The van der Waals surface area contributed by atoms with Crippen molar-refractivity contribution in [1.29, 1.82) is 0 Å². The number of phenolic OH excluding ortho intramolecular Hbond substituents is 1. The van der Waals surface area contributed by atoms with Crippen molar-refractivity contribution in [3.8, 4) is 5.75 Å². The molecule has 0 aromatic heterocycles. The summed E-state index contributed by atoms with van der Waals surface area (Å²) in [5.41, 5.74) is 1.13. The summed E-state index contributed by atoms with van der Waals surface area (Å²) in [7, 11) is 0. The molecule has 7 nitrogen and oxygen atoms in total. The standard InChI is InChI=1S/C25H27NO6/c1-14(2)12-20(28)21-22(16-8-10-19(27)11-9-16)26(24(30)23(21)29)18-7-5-6-17(13-18)25(31)32-15(3)4/h5-11,13-15,22,27,29H,12H2,1-4H3. The lowest BCUT2D eigenvalue weighted by molar-refractivity contribution is -0.118. The van der Waals surface area contributed by atoms with Crippen molar-refractivity contribution in [2.75, 3.05) is 4.90 Å². The number of benzene rings is 2. The molecule has 1 aliphatic rings. The molecule has 1 atom stereocenters. The Balaban J connectivity index is 2.10. The third kappa shape index (κ3) is 4.66. The van der Waals surface area contributed by atoms with Crippen LogP contribution in [0.5, 0.6) is 5.75 Å². The molecule has 1 aliphatic heterocycles. The summed E-state index contributed by atoms with van der Waals surface area (Å²) in [6.07, 6.45) is -0.147. The van der Waals surface area contributed by atoms with Crippen LogP contribution < -0.4 is 4.90 Å². The van der Waals surface area contributed by atoms with Crippen LogP contribution in [-0.2, 0) is 14.3 Å². The lowest BCUT2D eigenvalue weighted by atomic mass is 9.92. The summed E-state index contributed by atoms with van der Waals surface area (Å²) in [6.45, 7) is 7.23. The van der Waals surface area contributed by atoms with Gasteiger partial charge in [0.1, 0.15) is 5.75 Å². The molecule has 2 aromatic carbocycles. The van der Waals surface area contributed by atoms with Gasteiger partial charge in [-0.1, -0.05) is 32.0 Å². The molecular formula is C25H27NO6. The van der Waals surface area contributed by atoms with Crippen LogP contribution in [0.4, 0.5) is 5.69 Å². The first-order valence-corrected chi connectivity index (χ1v) is 10.5. The highest BCUT2D eigenvalue weighted by molar-refractivity contribution is 6.16. The average molecular weight is 437 g/mol. The normalized spacial score (nSPS) is 16.2. The maximum Gasteiger partial charge on any atom is 0.338 e. The third-order valence-corrected chi connectivity index (χ3v) is 5.01. The van der Waals surface area contributed by atoms with E-state index >= 15 is 0 Å². The summed E-state index contributed by atoms with van der Waals surface area (Å²) in [6, 6.07) is 11.5. The largest absolute Gasteiger partial charge is 0.508 e. The van der Waals surface area contributed by atoms with Gasteiger partial charge in [-0.25, -0.2) is 4.79 Å². The first-order valence-electron chi connectivity index (χ1n) is 10.5. The van der Waals surface area contributed by atoms with Crippen LogP contribution in [0.3, 0.4) is 0 Å². The van der Waals surface area contributed by atoms with Crippen molar-refractivity contribution in [2.24, 2.45) is 5.92 Å². The number of Topliss-reactive ketones (excluding diaryl/α,β-unsaturated/α-hetero) is 1. The Morgan fingerprint density at radius 3 is 2.28 bits per heavy atom. The lowest BCUT2D eigenvalue weighted by Crippen LogP contribution is -2.31. The van der Waals surface area contributed by atoms with Gasteiger partial charge < -0.3 is 14.9 Å². The Morgan fingerprint density at radius 1 is 1.03 bits per heavy atom. The maximum absolute atomic E-state index is 13.1. The Labute approximate surface area is 186 Å². The number of carbonyl (C=O) groups is 3. The molecule has 0 aliphatic carbocycles. The number of anilines is 1. The summed E-state index contributed by atoms with van der Waals surface area (Å²) < 4.78 is 5.25. The summed E-state index contributed by atoms with van der Waals surface area (Å²) in [5.74, 6) is -2.15. The molecule has 0 radical (unpaired) electrons. The number of ketones is 1. The number of rotatable bonds is 7. The van der Waals surface area contributed by atoms with Gasteiger partial charge in [-0.05, 0) is 55.7 Å². The Morgan fingerprint density at radius 2 is 1.69 bits per heavy atom. The molecule has 7 heteroatoms. The van der Waals surface area contributed by atoms with Crippen LogP contribution in [0.1, 0.15) is 56.1 Å². The highest BCUT2D eigenvalue weighted by Gasteiger charge is 2.44. The van der Waals surface area contributed by atoms with Gasteiger partial charge in [0.25, 0.3) is 5.91 Å². The maximum atomic E-state index is 13.1. The van der Waals surface area contributed by atoms with E-state index < -0.39 is 23.7 Å². The molecule has 1 amide bonds. The number of amides is 1. The van der Waals surface area contributed by atoms with Crippen LogP contribution in [0.2, 0.25) is 0 Å². The fourth-order valence-electron chi connectivity index (χ4n) is 3.67. The second kappa shape index (κ2) is 9.26. The van der Waals surface area contributed by atoms with E-state index in [-0.39, 0.29) is 41.1 Å². The molecule has 168 valence electrons. The Kier molecular flexibility index (Phi) is 6.67. The van der Waals surface area contributed by atoms with Crippen molar-refractivity contribution in [1.82, 2.24) is 0 Å². The summed E-state index contributed by atoms with van der Waals surface area (Å²) >= 11 is 0. The van der Waals surface area contributed by atoms with Gasteiger partial charge in [-0.3, -0.25) is 14.5 Å². The molecule has 2 N–H and O–H groups in total. The number of esters is 1. The quantitative estimate of drug-likeness (QED) is 0.619. The van der Waals surface area contributed by atoms with Gasteiger partial charge in [-0.15, -0.1) is 0 Å². The molecule has 0 saturated heterocycles. The van der Waals surface area contributed by atoms with E-state index in [1.54, 1.807) is 44.2 Å². The highest BCUT2D eigenvalue weighted by atomic mass is 16.5. The molecular weight excluding hydrogens is 410 g/mol. The highest BCUT2D eigenvalue weighted by Crippen LogP contribution is 2.42. The zero-order valence-electron chi connectivity index (χ0n) is 18.5. The van der Waals surface area contributed by atoms with Crippen LogP contribution >= 0.6 is 0 Å². The number of ether oxygens (including phenoxy) is 1. The zero-order chi connectivity index (χ0) is 23.6. The number of carbonyl (C=O) groups excluding carboxylic acids is 3. The van der Waals surface area contributed by atoms with Crippen LogP contribution in [0.15, 0.2) is 59.9 Å². The molecule has 1 heterocycles. The minimum atomic E-state index is -0.897. The number of phenols is 1. The molecule has 0 fully saturated rings. The molecule has 0 saturated carbocycles. The average Bonchev–Trinajstić information content (AvgIpc) is 2.98. The minimum absolute atomic E-state index is 0.00421. The van der Waals surface area contributed by atoms with E-state index in [1.807, 2.05) is 13.8 Å². The summed E-state index contributed by atoms with van der Waals surface area (Å²) in [4.78, 5) is 39.8. The fraction of sp³-hybridized carbons (Fsp3) is 0.320. The van der Waals surface area contributed by atoms with Crippen LogP contribution in [-0.4, -0.2) is 34.0 Å². The minimum Gasteiger partial charge on any atom is -0.508 e. The smallest absolute Gasteiger partial charge is 0.338 e. The topological polar surface area (TPSA) is 104 Å². The van der Waals surface area contributed by atoms with Crippen molar-refractivity contribution in [3.63, 3.8) is 0 Å². The number of aliphatic hydroxyl groups is 1. The van der Waals surface area contributed by atoms with E-state index in [0.717, 1.165) is 0 Å². The zero-order valence-corrected chi connectivity index (χ0v) is 18.5. The first-order chi connectivity index (χ1) is 15.1. The second-order valence-electron chi connectivity index (χ2n) is 8.46. The second-order valence-corrected chi connectivity index (χ2v) is 8.46. The number of hydrogen-bond acceptors (Lipinski definition) is 6. The molecule has 3 rings (SSSR count). The first kappa shape index (κ1) is 23.1. The van der Waals surface area contributed by atoms with Crippen molar-refractivity contribution >= 4 is 23.3 Å². The van der Waals surface area contributed by atoms with Gasteiger partial charge >= 0.3 is 5.97 Å². The van der Waals surface area contributed by atoms with Crippen LogP contribution in [0.25, 0.3) is 0 Å². The number of aliphatic hydroxyl groups excluding tert-OH is 1. The SMILES string of the molecule is CC(C)CC(=O)C1=C(O)C(=O)N(c2cccc(C(=O)OC(C)C)c2)C1c1ccc(O)cc1. The van der Waals surface area contributed by atoms with Gasteiger partial charge in [-0.2, -0.15) is 0 Å². The monoisotopic (exact) mass is 437 g/mol. The van der Waals surface area contributed by atoms with E-state index in [0.29, 0.717) is 11.3 Å². The lowest BCUT2D eigenvalue weighted by Gasteiger charge is -2.27. The Hall–Kier alpha value is -3.61. The van der Waals surface area contributed by atoms with Gasteiger partial charge in [0.2, 0.25) is 0 Å². The van der Waals surface area contributed by atoms with Gasteiger partial charge in [0.05, 0.1) is 23.3 Å². The molecule has 0 spiro atoms. The van der Waals surface area contributed by atoms with Crippen LogP contribution in [0, 0.1) is 5.92 Å². The third-order valence-electron chi connectivity index (χ3n) is 5.01. The van der Waals surface area contributed by atoms with E-state index in [9.17, 15) is 24.6 Å². The predicted octanol–water partition coefficient (Wildman–Crippen LogP) is 4.47. The van der Waals surface area contributed by atoms with Gasteiger partial charge in [0.15, 0.2) is 11.5 Å². The molecule has 32 heavy (non-hydrogen) atoms. The van der Waals surface area contributed by atoms with Crippen molar-refractivity contribution < 1.29 is 29.3 Å². The predicted molar refractivity (Wildman–Crippen MR) is 119 cm³/mol. The van der Waals surface area contributed by atoms with E-state index in [4.69, 9.17) is 4.74 Å².